The van der Waals surface area contributed by atoms with E-state index < -0.39 is 52.0 Å². The first-order valence-corrected chi connectivity index (χ1v) is 15.6. The number of alkyl halides is 4. The molecule has 2 bridgehead atoms. The number of benzene rings is 2. The van der Waals surface area contributed by atoms with Gasteiger partial charge in [-0.1, -0.05) is 6.08 Å². The maximum absolute atomic E-state index is 15.1. The minimum absolute atomic E-state index is 0.0129. The molecule has 0 atom stereocenters. The Morgan fingerprint density at radius 3 is 2.41 bits per heavy atom. The third-order valence-electron chi connectivity index (χ3n) is 9.78. The van der Waals surface area contributed by atoms with Crippen molar-refractivity contribution in [2.24, 2.45) is 7.05 Å². The zero-order chi connectivity index (χ0) is 34.9. The number of rotatable bonds is 8. The topological polar surface area (TPSA) is 93.3 Å². The standard InChI is InChI=1S/C35H30F6N6O2/c1-19-44-26-15-22(23(35(39,40)41)16-27(26)46(19)2)21-5-4-12-47-28(17-42-32(21)47)31(49)20-13-24(36)30(25(37)14-20)45-29(48)6-3-11-43-34-9-7-33(38,18-34)8-10-34/h3-6,12-17,43H,7-11,18H2,1-2H3,(H,45,48)/b6-3+. The van der Waals surface area contributed by atoms with Crippen LogP contribution in [0, 0.1) is 18.6 Å². The highest BCUT2D eigenvalue weighted by molar-refractivity contribution is 6.09. The number of nitrogens with zero attached hydrogens (tertiary/aromatic N) is 4. The van der Waals surface area contributed by atoms with Crippen molar-refractivity contribution in [3.63, 3.8) is 0 Å². The van der Waals surface area contributed by atoms with E-state index in [1.807, 2.05) is 0 Å². The Kier molecular flexibility index (Phi) is 7.69. The molecule has 254 valence electrons. The zero-order valence-corrected chi connectivity index (χ0v) is 26.4. The number of hydrogen-bond donors (Lipinski definition) is 2. The first kappa shape index (κ1) is 32.6. The third-order valence-corrected chi connectivity index (χ3v) is 9.78. The predicted molar refractivity (Wildman–Crippen MR) is 170 cm³/mol. The normalized spacial score (nSPS) is 20.7. The maximum Gasteiger partial charge on any atom is 0.417 e. The van der Waals surface area contributed by atoms with Gasteiger partial charge < -0.3 is 15.2 Å². The quantitative estimate of drug-likeness (QED) is 0.103. The lowest BCUT2D eigenvalue weighted by molar-refractivity contribution is -0.137. The predicted octanol–water partition coefficient (Wildman–Crippen LogP) is 7.23. The molecule has 8 nitrogen and oxygen atoms in total. The van der Waals surface area contributed by atoms with Crippen molar-refractivity contribution in [1.82, 2.24) is 24.3 Å². The van der Waals surface area contributed by atoms with Crippen LogP contribution in [0.1, 0.15) is 59.5 Å². The van der Waals surface area contributed by atoms with E-state index in [0.29, 0.717) is 49.0 Å². The summed E-state index contributed by atoms with van der Waals surface area (Å²) in [4.78, 5) is 34.5. The van der Waals surface area contributed by atoms with Gasteiger partial charge in [0.25, 0.3) is 0 Å². The molecule has 5 aromatic rings. The number of nitrogens with one attached hydrogen (secondary N) is 2. The van der Waals surface area contributed by atoms with Crippen LogP contribution in [0.2, 0.25) is 0 Å². The van der Waals surface area contributed by atoms with Gasteiger partial charge in [-0.2, -0.15) is 13.2 Å². The number of carbonyl (C=O) groups is 2. The van der Waals surface area contributed by atoms with Crippen molar-refractivity contribution in [2.45, 2.75) is 56.4 Å². The van der Waals surface area contributed by atoms with Gasteiger partial charge in [-0.3, -0.25) is 14.0 Å². The fourth-order valence-electron chi connectivity index (χ4n) is 7.16. The number of pyridine rings is 1. The fourth-order valence-corrected chi connectivity index (χ4v) is 7.16. The fraction of sp³-hybridized carbons (Fsp3) is 0.314. The highest BCUT2D eigenvalue weighted by Gasteiger charge is 2.54. The summed E-state index contributed by atoms with van der Waals surface area (Å²) >= 11 is 0. The minimum atomic E-state index is -4.73. The molecule has 2 N–H and O–H groups in total. The monoisotopic (exact) mass is 680 g/mol. The summed E-state index contributed by atoms with van der Waals surface area (Å²) in [6.45, 7) is 1.95. The molecule has 3 aromatic heterocycles. The zero-order valence-electron chi connectivity index (χ0n) is 26.4. The average Bonchev–Trinajstić information content (AvgIpc) is 3.79. The number of aryl methyl sites for hydroxylation is 2. The lowest BCUT2D eigenvalue weighted by Gasteiger charge is -2.27. The van der Waals surface area contributed by atoms with Gasteiger partial charge in [0.05, 0.1) is 22.8 Å². The van der Waals surface area contributed by atoms with Crippen LogP contribution in [-0.2, 0) is 18.0 Å². The van der Waals surface area contributed by atoms with Gasteiger partial charge in [0.15, 0.2) is 0 Å². The molecule has 0 spiro atoms. The number of anilines is 1. The number of amides is 1. The third kappa shape index (κ3) is 5.77. The number of aromatic nitrogens is 4. The van der Waals surface area contributed by atoms with Crippen LogP contribution < -0.4 is 10.6 Å². The Hall–Kier alpha value is -4.98. The smallest absolute Gasteiger partial charge is 0.331 e. The highest BCUT2D eigenvalue weighted by atomic mass is 19.4. The van der Waals surface area contributed by atoms with Crippen molar-refractivity contribution >= 4 is 34.1 Å². The van der Waals surface area contributed by atoms with Crippen LogP contribution in [0.15, 0.2) is 60.9 Å². The summed E-state index contributed by atoms with van der Waals surface area (Å²) in [5.74, 6) is -3.55. The average molecular weight is 681 g/mol. The molecular weight excluding hydrogens is 650 g/mol. The Morgan fingerprint density at radius 2 is 1.76 bits per heavy atom. The van der Waals surface area contributed by atoms with Crippen LogP contribution in [0.4, 0.5) is 32.0 Å². The molecule has 2 fully saturated rings. The molecule has 0 radical (unpaired) electrons. The Balaban J connectivity index is 1.12. The molecule has 2 aliphatic rings. The van der Waals surface area contributed by atoms with Crippen LogP contribution >= 0.6 is 0 Å². The summed E-state index contributed by atoms with van der Waals surface area (Å²) in [6, 6.07) is 6.73. The maximum atomic E-state index is 15.1. The van der Waals surface area contributed by atoms with E-state index in [0.717, 1.165) is 30.5 Å². The Labute approximate surface area is 275 Å². The largest absolute Gasteiger partial charge is 0.417 e. The van der Waals surface area contributed by atoms with Crippen molar-refractivity contribution < 1.29 is 35.9 Å². The molecule has 49 heavy (non-hydrogen) atoms. The van der Waals surface area contributed by atoms with Crippen molar-refractivity contribution in [3.05, 3.63) is 95.2 Å². The second-order valence-corrected chi connectivity index (χ2v) is 12.9. The molecule has 0 unspecified atom stereocenters. The van der Waals surface area contributed by atoms with Crippen LogP contribution in [0.3, 0.4) is 0 Å². The van der Waals surface area contributed by atoms with E-state index in [9.17, 15) is 27.2 Å². The van der Waals surface area contributed by atoms with Gasteiger partial charge in [-0.05, 0) is 81.0 Å². The molecule has 2 saturated carbocycles. The number of imidazole rings is 2. The van der Waals surface area contributed by atoms with E-state index in [1.54, 1.807) is 18.5 Å². The summed E-state index contributed by atoms with van der Waals surface area (Å²) in [7, 11) is 1.62. The highest BCUT2D eigenvalue weighted by Crippen LogP contribution is 2.52. The summed E-state index contributed by atoms with van der Waals surface area (Å²) in [5, 5.41) is 5.42. The SMILES string of the molecule is Cc1nc2cc(-c3cccn4c(C(=O)c5cc(F)c(NC(=O)/C=C/CNC67CCC(F)(CC6)C7)c(F)c5)cnc34)c(C(F)(F)F)cc2n1C. The van der Waals surface area contributed by atoms with E-state index >= 15 is 8.78 Å². The summed E-state index contributed by atoms with van der Waals surface area (Å²) < 4.78 is 90.3. The second-order valence-electron chi connectivity index (χ2n) is 12.9. The number of hydrogen-bond acceptors (Lipinski definition) is 5. The molecule has 1 amide bonds. The number of ketones is 1. The number of carbonyl (C=O) groups excluding carboxylic acids is 2. The molecule has 3 heterocycles. The van der Waals surface area contributed by atoms with Crippen molar-refractivity contribution in [2.75, 3.05) is 11.9 Å². The van der Waals surface area contributed by atoms with Gasteiger partial charge >= 0.3 is 6.18 Å². The van der Waals surface area contributed by atoms with Crippen LogP contribution in [-0.4, -0.2) is 48.4 Å². The number of halogens is 6. The van der Waals surface area contributed by atoms with Gasteiger partial charge in [0.1, 0.15) is 40.2 Å². The van der Waals surface area contributed by atoms with E-state index in [-0.39, 0.29) is 34.6 Å². The summed E-state index contributed by atoms with van der Waals surface area (Å²) in [6.07, 6.45) is 3.26. The molecule has 0 aliphatic heterocycles. The number of fused-ring (bicyclic) bond motifs is 4. The Bertz CT molecular complexity index is 2170. The Morgan fingerprint density at radius 1 is 1.04 bits per heavy atom. The van der Waals surface area contributed by atoms with Gasteiger partial charge in [0.2, 0.25) is 11.7 Å². The van der Waals surface area contributed by atoms with E-state index in [4.69, 9.17) is 0 Å². The van der Waals surface area contributed by atoms with Crippen molar-refractivity contribution in [1.29, 1.82) is 0 Å². The minimum Gasteiger partial charge on any atom is -0.331 e. The van der Waals surface area contributed by atoms with Crippen LogP contribution in [0.5, 0.6) is 0 Å². The molecule has 0 saturated heterocycles. The van der Waals surface area contributed by atoms with Gasteiger partial charge in [-0.25, -0.2) is 23.1 Å². The lowest BCUT2D eigenvalue weighted by atomic mass is 9.93. The molecule has 7 rings (SSSR count). The van der Waals surface area contributed by atoms with Gasteiger partial charge in [-0.15, -0.1) is 0 Å². The van der Waals surface area contributed by atoms with Gasteiger partial charge in [0, 0.05) is 42.5 Å². The van der Waals surface area contributed by atoms with Crippen LogP contribution in [0.25, 0.3) is 27.8 Å². The second kappa shape index (κ2) is 11.6. The lowest BCUT2D eigenvalue weighted by Crippen LogP contribution is -2.41. The first-order valence-electron chi connectivity index (χ1n) is 15.6. The van der Waals surface area contributed by atoms with E-state index in [1.165, 1.54) is 34.9 Å². The molecule has 2 aromatic carbocycles. The molecule has 14 heteroatoms. The molecule has 2 aliphatic carbocycles. The van der Waals surface area contributed by atoms with Crippen molar-refractivity contribution in [3.8, 4) is 11.1 Å². The first-order chi connectivity index (χ1) is 23.2. The van der Waals surface area contributed by atoms with E-state index in [2.05, 4.69) is 20.6 Å². The summed E-state index contributed by atoms with van der Waals surface area (Å²) in [5.41, 5.74) is -3.14. The molecular formula is C35H30F6N6O2.